The van der Waals surface area contributed by atoms with Gasteiger partial charge in [-0.05, 0) is 96.0 Å². The first kappa shape index (κ1) is 67.5. The summed E-state index contributed by atoms with van der Waals surface area (Å²) < 4.78 is 30.6. The Morgan fingerprint density at radius 1 is 0.500 bits per heavy atom. The lowest BCUT2D eigenvalue weighted by Gasteiger charge is -2.27. The van der Waals surface area contributed by atoms with Crippen LogP contribution in [0.2, 0.25) is 0 Å². The van der Waals surface area contributed by atoms with Gasteiger partial charge in [-0.15, -0.1) is 0 Å². The molecule has 0 rings (SSSR count). The van der Waals surface area contributed by atoms with E-state index in [0.29, 0.717) is 17.4 Å². The van der Waals surface area contributed by atoms with Crippen molar-refractivity contribution >= 4 is 19.7 Å². The van der Waals surface area contributed by atoms with Crippen LogP contribution in [0.4, 0.5) is 0 Å². The first-order valence-corrected chi connectivity index (χ1v) is 30.3. The highest BCUT2D eigenvalue weighted by Crippen LogP contribution is 2.43. The van der Waals surface area contributed by atoms with Crippen LogP contribution in [-0.4, -0.2) is 74.3 Å². The maximum atomic E-state index is 13.5. The van der Waals surface area contributed by atoms with Crippen molar-refractivity contribution in [1.29, 1.82) is 0 Å². The largest absolute Gasteiger partial charge is 0.472 e. The standard InChI is InChI=1S/C60H109N2O7P/c1-7-10-13-16-19-22-25-28-30-31-33-34-37-40-43-46-49-52-59(63)61-57(56-68-70(65,66)67-55-54-62(4,5)6)58(51-48-45-42-39-36-27-24-21-18-15-12-9-3)69-60(64)53-50-47-44-41-38-35-32-29-26-23-20-17-14-11-8-2/h19,22-23,26,28,30,33-34,40,43,48,51,57-58H,7-18,20-21,24-25,27,29,31-32,35-39,41-42,44-47,49-50,52-56H2,1-6H3,(H-,61,63,65,66)/p+1/b22-19-,26-23-,30-28-,34-33-,43-40-,51-48+. The first-order chi connectivity index (χ1) is 33.9. The Labute approximate surface area is 432 Å². The van der Waals surface area contributed by atoms with Gasteiger partial charge in [-0.1, -0.05) is 210 Å². The summed E-state index contributed by atoms with van der Waals surface area (Å²) in [6, 6.07) is -0.879. The third kappa shape index (κ3) is 50.4. The normalized spacial score (nSPS) is 14.3. The molecule has 0 aliphatic rings. The van der Waals surface area contributed by atoms with Crippen LogP contribution in [0.15, 0.2) is 72.9 Å². The van der Waals surface area contributed by atoms with Crippen molar-refractivity contribution in [3.8, 4) is 0 Å². The van der Waals surface area contributed by atoms with Gasteiger partial charge in [0.15, 0.2) is 0 Å². The van der Waals surface area contributed by atoms with Crippen LogP contribution >= 0.6 is 7.82 Å². The third-order valence-electron chi connectivity index (χ3n) is 12.4. The Morgan fingerprint density at radius 2 is 0.886 bits per heavy atom. The quantitative estimate of drug-likeness (QED) is 0.0205. The number of hydrogen-bond donors (Lipinski definition) is 2. The van der Waals surface area contributed by atoms with Crippen LogP contribution in [-0.2, 0) is 27.9 Å². The van der Waals surface area contributed by atoms with E-state index < -0.39 is 20.0 Å². The van der Waals surface area contributed by atoms with E-state index >= 15 is 0 Å². The van der Waals surface area contributed by atoms with Gasteiger partial charge in [0.05, 0.1) is 33.8 Å². The SMILES string of the molecule is CCCCC/C=C\C/C=C\C/C=C\C/C=C\CCCC(=O)NC(COP(=O)(O)OCC[N+](C)(C)C)C(/C=C/CCCCCCCCCCCC)OC(=O)CCCCCCCCC/C=C\CCCCCC. The van der Waals surface area contributed by atoms with Crippen molar-refractivity contribution in [2.45, 2.75) is 258 Å². The lowest BCUT2D eigenvalue weighted by Crippen LogP contribution is -2.47. The number of nitrogens with one attached hydrogen (secondary N) is 1. The van der Waals surface area contributed by atoms with E-state index in [-0.39, 0.29) is 37.9 Å². The molecule has 0 spiro atoms. The number of esters is 1. The maximum absolute atomic E-state index is 13.5. The zero-order chi connectivity index (χ0) is 51.5. The van der Waals surface area contributed by atoms with Gasteiger partial charge >= 0.3 is 13.8 Å². The van der Waals surface area contributed by atoms with Gasteiger partial charge in [-0.25, -0.2) is 4.57 Å². The van der Waals surface area contributed by atoms with E-state index in [1.54, 1.807) is 0 Å². The molecule has 406 valence electrons. The molecule has 2 N–H and O–H groups in total. The van der Waals surface area contributed by atoms with Gasteiger partial charge in [-0.3, -0.25) is 18.6 Å². The van der Waals surface area contributed by atoms with Gasteiger partial charge in [0.2, 0.25) is 5.91 Å². The van der Waals surface area contributed by atoms with Gasteiger partial charge in [0.25, 0.3) is 0 Å². The minimum Gasteiger partial charge on any atom is -0.456 e. The summed E-state index contributed by atoms with van der Waals surface area (Å²) in [7, 11) is 1.45. The summed E-state index contributed by atoms with van der Waals surface area (Å²) in [5.74, 6) is -0.577. The molecule has 0 radical (unpaired) electrons. The van der Waals surface area contributed by atoms with Crippen molar-refractivity contribution in [1.82, 2.24) is 5.32 Å². The van der Waals surface area contributed by atoms with Crippen LogP contribution in [0.5, 0.6) is 0 Å². The van der Waals surface area contributed by atoms with Crippen molar-refractivity contribution in [2.75, 3.05) is 40.9 Å². The molecular formula is C60H110N2O7P+. The highest BCUT2D eigenvalue weighted by atomic mass is 31.2. The first-order valence-electron chi connectivity index (χ1n) is 28.8. The average Bonchev–Trinajstić information content (AvgIpc) is 3.32. The number of rotatable bonds is 51. The summed E-state index contributed by atoms with van der Waals surface area (Å²) in [5.41, 5.74) is 0. The molecule has 0 aromatic carbocycles. The molecule has 70 heavy (non-hydrogen) atoms. The molecule has 0 saturated carbocycles. The molecule has 3 atom stereocenters. The van der Waals surface area contributed by atoms with E-state index in [0.717, 1.165) is 77.0 Å². The van der Waals surface area contributed by atoms with E-state index in [1.807, 2.05) is 33.3 Å². The van der Waals surface area contributed by atoms with Crippen LogP contribution in [0.1, 0.15) is 245 Å². The van der Waals surface area contributed by atoms with Gasteiger partial charge in [-0.2, -0.15) is 0 Å². The smallest absolute Gasteiger partial charge is 0.456 e. The fraction of sp³-hybridized carbons (Fsp3) is 0.767. The zero-order valence-electron chi connectivity index (χ0n) is 46.2. The third-order valence-corrected chi connectivity index (χ3v) is 13.4. The molecule has 9 nitrogen and oxygen atoms in total. The second-order valence-electron chi connectivity index (χ2n) is 20.5. The number of phosphoric acid groups is 1. The Kier molecular flexibility index (Phi) is 48.2. The number of likely N-dealkylation sites (N-methyl/N-ethyl adjacent to an activating group) is 1. The lowest BCUT2D eigenvalue weighted by atomic mass is 10.1. The number of phosphoric ester groups is 1. The monoisotopic (exact) mass is 1000 g/mol. The van der Waals surface area contributed by atoms with E-state index in [2.05, 4.69) is 86.8 Å². The molecule has 1 amide bonds. The molecule has 3 unspecified atom stereocenters. The van der Waals surface area contributed by atoms with Crippen molar-refractivity contribution in [3.05, 3.63) is 72.9 Å². The Morgan fingerprint density at radius 3 is 1.39 bits per heavy atom. The predicted molar refractivity (Wildman–Crippen MR) is 300 cm³/mol. The van der Waals surface area contributed by atoms with Crippen LogP contribution in [0, 0.1) is 0 Å². The zero-order valence-corrected chi connectivity index (χ0v) is 47.1. The number of carbonyl (C=O) groups is 2. The van der Waals surface area contributed by atoms with Gasteiger partial charge < -0.3 is 19.4 Å². The molecule has 10 heteroatoms. The molecular weight excluding hydrogens is 892 g/mol. The topological polar surface area (TPSA) is 111 Å². The van der Waals surface area contributed by atoms with Gasteiger partial charge in [0.1, 0.15) is 19.3 Å². The molecule has 0 heterocycles. The molecule has 0 saturated heterocycles. The van der Waals surface area contributed by atoms with E-state index in [4.69, 9.17) is 13.8 Å². The van der Waals surface area contributed by atoms with Gasteiger partial charge in [0, 0.05) is 12.8 Å². The second-order valence-corrected chi connectivity index (χ2v) is 21.9. The van der Waals surface area contributed by atoms with E-state index in [1.165, 1.54) is 128 Å². The summed E-state index contributed by atoms with van der Waals surface area (Å²) >= 11 is 0. The lowest BCUT2D eigenvalue weighted by molar-refractivity contribution is -0.870. The fourth-order valence-corrected chi connectivity index (χ4v) is 8.60. The molecule has 0 aliphatic heterocycles. The number of hydrogen-bond acceptors (Lipinski definition) is 6. The van der Waals surface area contributed by atoms with Crippen LogP contribution < -0.4 is 5.32 Å². The number of quaternary nitrogens is 1. The minimum absolute atomic E-state index is 0.0273. The predicted octanol–water partition coefficient (Wildman–Crippen LogP) is 17.3. The Balaban J connectivity index is 5.45. The summed E-state index contributed by atoms with van der Waals surface area (Å²) in [6.07, 6.45) is 63.3. The molecule has 0 bridgehead atoms. The Hall–Kier alpha value is -2.55. The average molecular weight is 1000 g/mol. The number of amides is 1. The van der Waals surface area contributed by atoms with Crippen LogP contribution in [0.3, 0.4) is 0 Å². The fourth-order valence-electron chi connectivity index (χ4n) is 7.87. The number of ether oxygens (including phenoxy) is 1. The van der Waals surface area contributed by atoms with E-state index in [9.17, 15) is 19.0 Å². The Bertz CT molecular complexity index is 1430. The number of nitrogens with zero attached hydrogens (tertiary/aromatic N) is 1. The highest BCUT2D eigenvalue weighted by molar-refractivity contribution is 7.47. The summed E-state index contributed by atoms with van der Waals surface area (Å²) in [6.45, 7) is 6.92. The number of unbranched alkanes of at least 4 members (excludes halogenated alkanes) is 25. The van der Waals surface area contributed by atoms with Crippen molar-refractivity contribution < 1.29 is 37.3 Å². The van der Waals surface area contributed by atoms with Crippen LogP contribution in [0.25, 0.3) is 0 Å². The molecule has 0 aliphatic carbocycles. The second kappa shape index (κ2) is 50.0. The maximum Gasteiger partial charge on any atom is 0.472 e. The number of carbonyl (C=O) groups excluding carboxylic acids is 2. The molecule has 0 aromatic heterocycles. The molecule has 0 fully saturated rings. The van der Waals surface area contributed by atoms with Crippen molar-refractivity contribution in [3.63, 3.8) is 0 Å². The highest BCUT2D eigenvalue weighted by Gasteiger charge is 2.30. The summed E-state index contributed by atoms with van der Waals surface area (Å²) in [4.78, 5) is 37.5. The summed E-state index contributed by atoms with van der Waals surface area (Å²) in [5, 5.41) is 3.01. The number of allylic oxidation sites excluding steroid dienone is 11. The van der Waals surface area contributed by atoms with Crippen molar-refractivity contribution in [2.24, 2.45) is 0 Å². The molecule has 0 aromatic rings. The minimum atomic E-state index is -4.46.